The van der Waals surface area contributed by atoms with Gasteiger partial charge in [0, 0.05) is 0 Å². The Balaban J connectivity index is 1.82. The first-order valence-electron chi connectivity index (χ1n) is 9.18. The number of rotatable bonds is 1. The molecule has 0 saturated heterocycles. The Morgan fingerprint density at radius 1 is 0.481 bits per heavy atom. The molecule has 0 saturated carbocycles. The van der Waals surface area contributed by atoms with Crippen molar-refractivity contribution in [2.75, 3.05) is 0 Å². The van der Waals surface area contributed by atoms with Gasteiger partial charge in [-0.15, -0.1) is 0 Å². The van der Waals surface area contributed by atoms with Crippen molar-refractivity contribution < 1.29 is 5.11 Å². The molecule has 0 aromatic heterocycles. The minimum Gasteiger partial charge on any atom is -0.508 e. The summed E-state index contributed by atoms with van der Waals surface area (Å²) >= 11 is 0. The summed E-state index contributed by atoms with van der Waals surface area (Å²) in [4.78, 5) is 0. The molecule has 0 spiro atoms. The number of hydrogen-bond donors (Lipinski definition) is 1. The number of phenolic OH excluding ortho intramolecular Hbond substituents is 1. The number of hydrogen-bond acceptors (Lipinski definition) is 1. The highest BCUT2D eigenvalue weighted by atomic mass is 16.3. The Kier molecular flexibility index (Phi) is 2.81. The summed E-state index contributed by atoms with van der Waals surface area (Å²) in [5.41, 5.74) is 2.32. The number of fused-ring (bicyclic) bond motifs is 2. The molecule has 6 rings (SSSR count). The van der Waals surface area contributed by atoms with Gasteiger partial charge < -0.3 is 5.11 Å². The third-order valence-electron chi connectivity index (χ3n) is 5.69. The van der Waals surface area contributed by atoms with Crippen LogP contribution in [0.5, 0.6) is 5.75 Å². The Morgan fingerprint density at radius 3 is 2.07 bits per heavy atom. The Hall–Kier alpha value is -3.58. The number of phenols is 1. The van der Waals surface area contributed by atoms with Gasteiger partial charge >= 0.3 is 0 Å². The molecule has 6 aromatic carbocycles. The number of benzene rings is 6. The highest BCUT2D eigenvalue weighted by molar-refractivity contribution is 6.30. The first kappa shape index (κ1) is 14.6. The second kappa shape index (κ2) is 5.21. The molecule has 0 amide bonds. The Labute approximate surface area is 156 Å². The van der Waals surface area contributed by atoms with Gasteiger partial charge in [-0.25, -0.2) is 0 Å². The summed E-state index contributed by atoms with van der Waals surface area (Å²) in [7, 11) is 0. The summed E-state index contributed by atoms with van der Waals surface area (Å²) in [5.74, 6) is 0.294. The molecule has 0 unspecified atom stereocenters. The fourth-order valence-electron chi connectivity index (χ4n) is 4.45. The molecule has 1 heteroatoms. The summed E-state index contributed by atoms with van der Waals surface area (Å²) in [6.07, 6.45) is 0. The summed E-state index contributed by atoms with van der Waals surface area (Å²) in [5, 5.41) is 20.0. The van der Waals surface area contributed by atoms with Crippen LogP contribution in [-0.4, -0.2) is 5.11 Å². The predicted octanol–water partition coefficient (Wildman–Crippen LogP) is 7.11. The molecule has 1 N–H and O–H groups in total. The molecule has 0 bridgehead atoms. The summed E-state index contributed by atoms with van der Waals surface area (Å²) < 4.78 is 0. The molecule has 0 aliphatic carbocycles. The van der Waals surface area contributed by atoms with Gasteiger partial charge in [0.05, 0.1) is 0 Å². The molecule has 0 heterocycles. The molecule has 0 atom stereocenters. The maximum absolute atomic E-state index is 9.64. The van der Waals surface area contributed by atoms with E-state index < -0.39 is 0 Å². The quantitative estimate of drug-likeness (QED) is 0.249. The van der Waals surface area contributed by atoms with E-state index in [1.165, 1.54) is 48.7 Å². The van der Waals surface area contributed by atoms with Crippen LogP contribution >= 0.6 is 0 Å². The lowest BCUT2D eigenvalue weighted by Gasteiger charge is -2.15. The van der Waals surface area contributed by atoms with Crippen LogP contribution in [0.3, 0.4) is 0 Å². The normalized spacial score (nSPS) is 11.9. The van der Waals surface area contributed by atoms with Gasteiger partial charge in [0.15, 0.2) is 0 Å². The lowest BCUT2D eigenvalue weighted by Crippen LogP contribution is -1.88. The van der Waals surface area contributed by atoms with E-state index in [1.807, 2.05) is 12.1 Å². The zero-order valence-corrected chi connectivity index (χ0v) is 14.6. The Morgan fingerprint density at radius 2 is 1.19 bits per heavy atom. The SMILES string of the molecule is Oc1ccc(-c2ccc3ccc4cc5ccccc5c5ccc2c3c45)cc1. The monoisotopic (exact) mass is 344 g/mol. The molecule has 0 radical (unpaired) electrons. The second-order valence-electron chi connectivity index (χ2n) is 7.18. The van der Waals surface area contributed by atoms with Crippen molar-refractivity contribution in [1.29, 1.82) is 0 Å². The molecular formula is C26H16O. The zero-order chi connectivity index (χ0) is 18.0. The van der Waals surface area contributed by atoms with Crippen LogP contribution in [0.15, 0.2) is 91.0 Å². The van der Waals surface area contributed by atoms with E-state index in [1.54, 1.807) is 12.1 Å². The minimum absolute atomic E-state index is 0.294. The molecule has 6 aromatic rings. The van der Waals surface area contributed by atoms with Gasteiger partial charge in [0.1, 0.15) is 5.75 Å². The van der Waals surface area contributed by atoms with Crippen molar-refractivity contribution in [3.05, 3.63) is 91.0 Å². The van der Waals surface area contributed by atoms with Crippen molar-refractivity contribution in [1.82, 2.24) is 0 Å². The van der Waals surface area contributed by atoms with Crippen LogP contribution in [0.2, 0.25) is 0 Å². The largest absolute Gasteiger partial charge is 0.508 e. The van der Waals surface area contributed by atoms with Crippen molar-refractivity contribution in [3.8, 4) is 16.9 Å². The molecule has 126 valence electrons. The average Bonchev–Trinajstić information content (AvgIpc) is 2.72. The molecule has 0 fully saturated rings. The van der Waals surface area contributed by atoms with Crippen LogP contribution in [-0.2, 0) is 0 Å². The maximum Gasteiger partial charge on any atom is 0.115 e. The summed E-state index contributed by atoms with van der Waals surface area (Å²) in [6, 6.07) is 31.7. The van der Waals surface area contributed by atoms with Crippen molar-refractivity contribution in [2.45, 2.75) is 0 Å². The van der Waals surface area contributed by atoms with Gasteiger partial charge in [-0.05, 0) is 72.4 Å². The van der Waals surface area contributed by atoms with E-state index >= 15 is 0 Å². The van der Waals surface area contributed by atoms with E-state index in [2.05, 4.69) is 66.7 Å². The highest BCUT2D eigenvalue weighted by Gasteiger charge is 2.13. The first-order valence-corrected chi connectivity index (χ1v) is 9.18. The topological polar surface area (TPSA) is 20.2 Å². The van der Waals surface area contributed by atoms with E-state index in [4.69, 9.17) is 0 Å². The molecule has 1 nitrogen and oxygen atoms in total. The van der Waals surface area contributed by atoms with E-state index in [0.29, 0.717) is 5.75 Å². The van der Waals surface area contributed by atoms with E-state index in [9.17, 15) is 5.11 Å². The van der Waals surface area contributed by atoms with Crippen molar-refractivity contribution in [2.24, 2.45) is 0 Å². The number of aromatic hydroxyl groups is 1. The zero-order valence-electron chi connectivity index (χ0n) is 14.6. The van der Waals surface area contributed by atoms with Crippen LogP contribution in [0.25, 0.3) is 54.2 Å². The van der Waals surface area contributed by atoms with Gasteiger partial charge in [-0.3, -0.25) is 0 Å². The van der Waals surface area contributed by atoms with Crippen LogP contribution < -0.4 is 0 Å². The standard InChI is InChI=1S/C26H16O/c27-20-10-7-16(8-11-20)22-12-9-17-5-6-19-15-18-3-1-2-4-21(18)23-13-14-24(22)25(17)26(19)23/h1-15,27H. The van der Waals surface area contributed by atoms with Crippen LogP contribution in [0.1, 0.15) is 0 Å². The predicted molar refractivity (Wildman–Crippen MR) is 115 cm³/mol. The fourth-order valence-corrected chi connectivity index (χ4v) is 4.45. The van der Waals surface area contributed by atoms with Crippen molar-refractivity contribution in [3.63, 3.8) is 0 Å². The first-order chi connectivity index (χ1) is 13.3. The average molecular weight is 344 g/mol. The van der Waals surface area contributed by atoms with Gasteiger partial charge in [0.2, 0.25) is 0 Å². The second-order valence-corrected chi connectivity index (χ2v) is 7.18. The van der Waals surface area contributed by atoms with Gasteiger partial charge in [0.25, 0.3) is 0 Å². The Bertz CT molecular complexity index is 1460. The molecule has 0 aliphatic heterocycles. The van der Waals surface area contributed by atoms with Crippen LogP contribution in [0, 0.1) is 0 Å². The third kappa shape index (κ3) is 2.00. The van der Waals surface area contributed by atoms with E-state index in [-0.39, 0.29) is 0 Å². The maximum atomic E-state index is 9.64. The van der Waals surface area contributed by atoms with E-state index in [0.717, 1.165) is 5.56 Å². The lowest BCUT2D eigenvalue weighted by atomic mass is 9.88. The minimum atomic E-state index is 0.294. The molecule has 27 heavy (non-hydrogen) atoms. The van der Waals surface area contributed by atoms with Crippen molar-refractivity contribution >= 4 is 43.1 Å². The highest BCUT2D eigenvalue weighted by Crippen LogP contribution is 2.41. The lowest BCUT2D eigenvalue weighted by molar-refractivity contribution is 0.475. The smallest absolute Gasteiger partial charge is 0.115 e. The van der Waals surface area contributed by atoms with Gasteiger partial charge in [-0.2, -0.15) is 0 Å². The molecular weight excluding hydrogens is 328 g/mol. The fraction of sp³-hybridized carbons (Fsp3) is 0. The van der Waals surface area contributed by atoms with Crippen LogP contribution in [0.4, 0.5) is 0 Å². The third-order valence-corrected chi connectivity index (χ3v) is 5.69. The molecule has 0 aliphatic rings. The van der Waals surface area contributed by atoms with Gasteiger partial charge in [-0.1, -0.05) is 72.8 Å². The summed E-state index contributed by atoms with van der Waals surface area (Å²) in [6.45, 7) is 0.